The summed E-state index contributed by atoms with van der Waals surface area (Å²) in [5, 5.41) is 9.32. The molecule has 3 fully saturated rings. The van der Waals surface area contributed by atoms with Crippen molar-refractivity contribution < 1.29 is 42.3 Å². The summed E-state index contributed by atoms with van der Waals surface area (Å²) in [5.74, 6) is 1.05. The molecule has 8 rings (SSSR count). The van der Waals surface area contributed by atoms with E-state index in [0.717, 1.165) is 69.8 Å². The van der Waals surface area contributed by atoms with E-state index in [9.17, 15) is 23.7 Å². The number of anilines is 5. The molecule has 0 saturated carbocycles. The molecule has 1 atom stereocenters. The lowest BCUT2D eigenvalue weighted by atomic mass is 10.0. The normalized spacial score (nSPS) is 18.3. The van der Waals surface area contributed by atoms with Crippen LogP contribution < -0.4 is 35.6 Å². The molecule has 0 bridgehead atoms. The molecule has 4 aliphatic heterocycles. The Bertz CT molecular complexity index is 2490. The summed E-state index contributed by atoms with van der Waals surface area (Å²) in [4.78, 5) is 67.4. The molecular weight excluding hydrogens is 889 g/mol. The zero-order valence-corrected chi connectivity index (χ0v) is 38.9. The summed E-state index contributed by atoms with van der Waals surface area (Å²) in [7, 11) is 0.706. The van der Waals surface area contributed by atoms with Crippen molar-refractivity contribution in [3.05, 3.63) is 83.0 Å². The fourth-order valence-corrected chi connectivity index (χ4v) is 10.4. The number of carbonyl (C=O) groups excluding carboxylic acids is 4. The first-order valence-electron chi connectivity index (χ1n) is 22.2. The first-order chi connectivity index (χ1) is 32.0. The topological polar surface area (TPSA) is 197 Å². The Balaban J connectivity index is 0.755. The van der Waals surface area contributed by atoms with Crippen LogP contribution in [-0.4, -0.2) is 128 Å². The number of carbonyl (C=O) groups is 4. The zero-order valence-electron chi connectivity index (χ0n) is 37.3. The molecule has 0 spiro atoms. The Morgan fingerprint density at radius 1 is 0.894 bits per heavy atom. The van der Waals surface area contributed by atoms with Crippen LogP contribution in [0.15, 0.2) is 66.9 Å². The summed E-state index contributed by atoms with van der Waals surface area (Å²) in [6.45, 7) is 5.67. The van der Waals surface area contributed by atoms with E-state index in [0.29, 0.717) is 78.0 Å². The number of amides is 4. The van der Waals surface area contributed by atoms with Crippen LogP contribution in [0.2, 0.25) is 5.02 Å². The molecule has 4 amide bonds. The van der Waals surface area contributed by atoms with E-state index in [1.807, 2.05) is 23.1 Å². The lowest BCUT2D eigenvalue weighted by Gasteiger charge is -2.43. The Labute approximate surface area is 388 Å². The number of ether oxygens (including phenoxy) is 2. The number of piperazine rings is 1. The van der Waals surface area contributed by atoms with Crippen LogP contribution in [0.25, 0.3) is 0 Å². The van der Waals surface area contributed by atoms with Crippen LogP contribution in [0.3, 0.4) is 0 Å². The first kappa shape index (κ1) is 46.7. The van der Waals surface area contributed by atoms with Crippen molar-refractivity contribution in [1.29, 1.82) is 0 Å². The van der Waals surface area contributed by atoms with Gasteiger partial charge in [-0.3, -0.25) is 34.0 Å². The van der Waals surface area contributed by atoms with Crippen LogP contribution >= 0.6 is 19.2 Å². The van der Waals surface area contributed by atoms with Gasteiger partial charge in [0.15, 0.2) is 5.82 Å². The van der Waals surface area contributed by atoms with Gasteiger partial charge in [0.05, 0.1) is 36.6 Å². The third kappa shape index (κ3) is 10.4. The Hall–Kier alpha value is -5.78. The molecule has 5 heterocycles. The van der Waals surface area contributed by atoms with E-state index in [4.69, 9.17) is 30.1 Å². The SMILES string of the molecule is COc1cc(N2CCC(N3CCN(C(=O)CCCCOc4ccc5c(c4)CN(C4CCC(=O)NC4=O)C5=O)CC3)CC2)ccc1Nc1ncc(Cl)c(Nc2ccccc2P(=O)(OC)OC)n1. The highest BCUT2D eigenvalue weighted by molar-refractivity contribution is 7.62. The summed E-state index contributed by atoms with van der Waals surface area (Å²) >= 11 is 6.48. The number of methoxy groups -OCH3 is 1. The van der Waals surface area contributed by atoms with Crippen molar-refractivity contribution in [2.75, 3.05) is 82.7 Å². The monoisotopic (exact) mass is 943 g/mol. The van der Waals surface area contributed by atoms with Gasteiger partial charge >= 0.3 is 7.60 Å². The van der Waals surface area contributed by atoms with Crippen molar-refractivity contribution in [2.24, 2.45) is 0 Å². The highest BCUT2D eigenvalue weighted by Gasteiger charge is 2.39. The van der Waals surface area contributed by atoms with E-state index in [1.165, 1.54) is 25.3 Å². The molecule has 3 saturated heterocycles. The molecule has 0 aliphatic carbocycles. The minimum atomic E-state index is -3.57. The number of unbranched alkanes of at least 4 members (excludes halogenated alkanes) is 1. The number of aromatic nitrogens is 2. The summed E-state index contributed by atoms with van der Waals surface area (Å²) < 4.78 is 35.4. The molecule has 4 aromatic rings. The van der Waals surface area contributed by atoms with Gasteiger partial charge in [0.25, 0.3) is 5.91 Å². The molecule has 20 heteroatoms. The number of rotatable bonds is 17. The van der Waals surface area contributed by atoms with Gasteiger partial charge in [-0.25, -0.2) is 4.98 Å². The second kappa shape index (κ2) is 20.8. The van der Waals surface area contributed by atoms with Gasteiger partial charge in [0, 0.05) is 96.2 Å². The number of nitrogens with zero attached hydrogens (tertiary/aromatic N) is 6. The molecule has 3 aromatic carbocycles. The molecule has 1 aromatic heterocycles. The van der Waals surface area contributed by atoms with E-state index in [1.54, 1.807) is 43.5 Å². The summed E-state index contributed by atoms with van der Waals surface area (Å²) in [6, 6.07) is 18.0. The summed E-state index contributed by atoms with van der Waals surface area (Å²) in [5.41, 5.74) is 3.53. The van der Waals surface area contributed by atoms with Gasteiger partial charge in [-0.2, -0.15) is 4.98 Å². The van der Waals surface area contributed by atoms with Crippen LogP contribution in [0.1, 0.15) is 60.9 Å². The standard InChI is InChI=1S/C46H55ClN9O9P/c1-62-39-27-32(11-14-36(39)50-46-48-28-35(47)43(52-46)49-37-8-4-5-9-40(37)66(61,63-2)64-3)53-19-17-31(18-20-53)54-21-23-55(24-22-54)42(58)10-6-7-25-65-33-12-13-34-30(26-33)29-56(45(34)60)38-15-16-41(57)51-44(38)59/h4-5,8-9,11-14,26-28,31,38H,6-7,10,15-25,29H2,1-3H3,(H,51,57,59)(H2,48,49,50,52). The average Bonchev–Trinajstić information content (AvgIpc) is 3.66. The number of nitrogens with one attached hydrogen (secondary N) is 3. The smallest absolute Gasteiger partial charge is 0.362 e. The molecule has 66 heavy (non-hydrogen) atoms. The maximum Gasteiger partial charge on any atom is 0.362 e. The second-order valence-electron chi connectivity index (χ2n) is 16.6. The second-order valence-corrected chi connectivity index (χ2v) is 19.2. The lowest BCUT2D eigenvalue weighted by Crippen LogP contribution is -2.54. The third-order valence-electron chi connectivity index (χ3n) is 12.7. The van der Waals surface area contributed by atoms with E-state index >= 15 is 0 Å². The molecule has 3 N–H and O–H groups in total. The number of piperidine rings is 2. The number of hydrogen-bond acceptors (Lipinski definition) is 15. The average molecular weight is 944 g/mol. The van der Waals surface area contributed by atoms with E-state index in [2.05, 4.69) is 41.8 Å². The number of hydrogen-bond donors (Lipinski definition) is 3. The Morgan fingerprint density at radius 3 is 2.41 bits per heavy atom. The van der Waals surface area contributed by atoms with Gasteiger partial charge in [-0.1, -0.05) is 23.7 Å². The number of fused-ring (bicyclic) bond motifs is 1. The van der Waals surface area contributed by atoms with Crippen molar-refractivity contribution >= 4 is 77.0 Å². The molecule has 350 valence electrons. The maximum absolute atomic E-state index is 13.2. The molecular formula is C46H55ClN9O9P. The number of imide groups is 1. The number of halogens is 1. The molecule has 1 unspecified atom stereocenters. The molecule has 0 radical (unpaired) electrons. The minimum Gasteiger partial charge on any atom is -0.494 e. The highest BCUT2D eigenvalue weighted by Crippen LogP contribution is 2.47. The van der Waals surface area contributed by atoms with Crippen molar-refractivity contribution in [3.63, 3.8) is 0 Å². The molecule has 4 aliphatic rings. The predicted molar refractivity (Wildman–Crippen MR) is 250 cm³/mol. The van der Waals surface area contributed by atoms with Crippen LogP contribution in [-0.2, 0) is 34.5 Å². The van der Waals surface area contributed by atoms with Crippen molar-refractivity contribution in [1.82, 2.24) is 30.0 Å². The van der Waals surface area contributed by atoms with Gasteiger partial charge in [-0.05, 0) is 80.1 Å². The number of para-hydroxylation sites is 1. The quantitative estimate of drug-likeness (QED) is 0.0646. The van der Waals surface area contributed by atoms with Gasteiger partial charge < -0.3 is 43.9 Å². The predicted octanol–water partition coefficient (Wildman–Crippen LogP) is 5.86. The van der Waals surface area contributed by atoms with Gasteiger partial charge in [-0.15, -0.1) is 0 Å². The van der Waals surface area contributed by atoms with Crippen LogP contribution in [0.5, 0.6) is 11.5 Å². The molecule has 18 nitrogen and oxygen atoms in total. The fourth-order valence-electron chi connectivity index (χ4n) is 9.02. The zero-order chi connectivity index (χ0) is 46.4. The van der Waals surface area contributed by atoms with Gasteiger partial charge in [0.2, 0.25) is 23.7 Å². The van der Waals surface area contributed by atoms with Crippen LogP contribution in [0.4, 0.5) is 28.8 Å². The largest absolute Gasteiger partial charge is 0.494 e. The minimum absolute atomic E-state index is 0.171. The van der Waals surface area contributed by atoms with Crippen LogP contribution in [0, 0.1) is 0 Å². The van der Waals surface area contributed by atoms with Crippen molar-refractivity contribution in [2.45, 2.75) is 63.6 Å². The van der Waals surface area contributed by atoms with E-state index in [-0.39, 0.29) is 35.1 Å². The highest BCUT2D eigenvalue weighted by atomic mass is 35.5. The fraction of sp³-hybridized carbons (Fsp3) is 0.435. The van der Waals surface area contributed by atoms with Crippen molar-refractivity contribution in [3.8, 4) is 11.5 Å². The third-order valence-corrected chi connectivity index (χ3v) is 14.9. The number of benzene rings is 3. The summed E-state index contributed by atoms with van der Waals surface area (Å²) in [6.07, 6.45) is 5.93. The van der Waals surface area contributed by atoms with E-state index < -0.39 is 19.5 Å². The Morgan fingerprint density at radius 2 is 1.67 bits per heavy atom. The van der Waals surface area contributed by atoms with Gasteiger partial charge in [0.1, 0.15) is 22.6 Å². The maximum atomic E-state index is 13.2. The first-order valence-corrected chi connectivity index (χ1v) is 24.1. The lowest BCUT2D eigenvalue weighted by molar-refractivity contribution is -0.137. The Kier molecular flexibility index (Phi) is 14.7.